The van der Waals surface area contributed by atoms with Gasteiger partial charge in [-0.05, 0) is 31.0 Å². The van der Waals surface area contributed by atoms with E-state index in [1.807, 2.05) is 25.1 Å². The van der Waals surface area contributed by atoms with Gasteiger partial charge in [0.25, 0.3) is 0 Å². The Balaban J connectivity index is 2.52. The standard InChI is InChI=1S/C20H25ClN4O5/c1-4-29-20(26)19-17(12-28-10-9-23-25-22)24-13(2)15(11-30-27-3)18(19)14-7-5-6-8-16(14)21/h5-8,15,18H,4,9-12H2,1-3H3/t15?,18-/m1/s1. The molecule has 0 radical (unpaired) electrons. The van der Waals surface area contributed by atoms with Gasteiger partial charge in [-0.1, -0.05) is 34.9 Å². The Morgan fingerprint density at radius 1 is 1.37 bits per heavy atom. The number of carbonyl (C=O) groups excluding carboxylic acids is 1. The SMILES string of the molecule is CCOC(=O)C1=C(COCCN=[N+]=[N-])N=C(C)C(COOC)[C@H]1c1ccccc1Cl. The van der Waals surface area contributed by atoms with Gasteiger partial charge in [-0.15, -0.1) is 0 Å². The van der Waals surface area contributed by atoms with Crippen LogP contribution in [0, 0.1) is 5.92 Å². The Bertz CT molecular complexity index is 851. The highest BCUT2D eigenvalue weighted by atomic mass is 35.5. The minimum atomic E-state index is -0.491. The molecular weight excluding hydrogens is 412 g/mol. The minimum absolute atomic E-state index is 0.0608. The number of esters is 1. The van der Waals surface area contributed by atoms with Crippen LogP contribution in [0.1, 0.15) is 25.3 Å². The van der Waals surface area contributed by atoms with E-state index in [4.69, 9.17) is 36.4 Å². The van der Waals surface area contributed by atoms with E-state index in [9.17, 15) is 4.79 Å². The molecule has 1 aromatic rings. The molecule has 0 saturated carbocycles. The van der Waals surface area contributed by atoms with E-state index in [2.05, 4.69) is 15.0 Å². The third-order valence-electron chi connectivity index (χ3n) is 4.61. The van der Waals surface area contributed by atoms with Crippen LogP contribution in [0.5, 0.6) is 0 Å². The van der Waals surface area contributed by atoms with E-state index in [1.54, 1.807) is 13.0 Å². The van der Waals surface area contributed by atoms with E-state index in [1.165, 1.54) is 7.11 Å². The molecule has 2 rings (SSSR count). The van der Waals surface area contributed by atoms with Gasteiger partial charge in [0, 0.05) is 34.0 Å². The van der Waals surface area contributed by atoms with Crippen LogP contribution in [-0.4, -0.2) is 51.8 Å². The summed E-state index contributed by atoms with van der Waals surface area (Å²) in [6.07, 6.45) is 0. The Morgan fingerprint density at radius 3 is 2.80 bits per heavy atom. The van der Waals surface area contributed by atoms with Gasteiger partial charge in [0.05, 0.1) is 44.8 Å². The normalized spacial score (nSPS) is 18.6. The quantitative estimate of drug-likeness (QED) is 0.0978. The molecule has 0 bridgehead atoms. The number of hydrogen-bond donors (Lipinski definition) is 0. The zero-order chi connectivity index (χ0) is 21.9. The van der Waals surface area contributed by atoms with Crippen molar-refractivity contribution in [3.05, 3.63) is 56.6 Å². The minimum Gasteiger partial charge on any atom is -0.463 e. The number of aliphatic imine (C=N–C) groups is 1. The monoisotopic (exact) mass is 436 g/mol. The largest absolute Gasteiger partial charge is 0.463 e. The van der Waals surface area contributed by atoms with E-state index < -0.39 is 11.9 Å². The maximum atomic E-state index is 13.0. The van der Waals surface area contributed by atoms with Gasteiger partial charge in [0.15, 0.2) is 0 Å². The Kier molecular flexibility index (Phi) is 9.79. The first kappa shape index (κ1) is 23.9. The van der Waals surface area contributed by atoms with Crippen molar-refractivity contribution in [3.8, 4) is 0 Å². The third kappa shape index (κ3) is 6.04. The van der Waals surface area contributed by atoms with Crippen LogP contribution in [0.2, 0.25) is 5.02 Å². The summed E-state index contributed by atoms with van der Waals surface area (Å²) in [6, 6.07) is 7.31. The Labute approximate surface area is 180 Å². The lowest BCUT2D eigenvalue weighted by atomic mass is 9.76. The van der Waals surface area contributed by atoms with E-state index in [0.29, 0.717) is 16.3 Å². The first-order chi connectivity index (χ1) is 14.5. The van der Waals surface area contributed by atoms with Crippen molar-refractivity contribution >= 4 is 23.3 Å². The summed E-state index contributed by atoms with van der Waals surface area (Å²) in [5.74, 6) is -1.24. The average Bonchev–Trinajstić information content (AvgIpc) is 2.73. The Hall–Kier alpha value is -2.42. The zero-order valence-electron chi connectivity index (χ0n) is 17.2. The van der Waals surface area contributed by atoms with Gasteiger partial charge >= 0.3 is 5.97 Å². The highest BCUT2D eigenvalue weighted by molar-refractivity contribution is 6.31. The third-order valence-corrected chi connectivity index (χ3v) is 4.96. The van der Waals surface area contributed by atoms with Crippen molar-refractivity contribution < 1.29 is 24.0 Å². The van der Waals surface area contributed by atoms with Crippen LogP contribution in [0.3, 0.4) is 0 Å². The van der Waals surface area contributed by atoms with Crippen molar-refractivity contribution in [2.45, 2.75) is 19.8 Å². The maximum Gasteiger partial charge on any atom is 0.336 e. The number of nitrogens with zero attached hydrogens (tertiary/aromatic N) is 4. The molecule has 30 heavy (non-hydrogen) atoms. The number of halogens is 1. The smallest absolute Gasteiger partial charge is 0.336 e. The summed E-state index contributed by atoms with van der Waals surface area (Å²) in [6.45, 7) is 4.42. The lowest BCUT2D eigenvalue weighted by Crippen LogP contribution is -2.34. The van der Waals surface area contributed by atoms with Crippen molar-refractivity contribution in [2.75, 3.05) is 40.1 Å². The molecule has 0 saturated heterocycles. The van der Waals surface area contributed by atoms with Crippen LogP contribution in [0.25, 0.3) is 10.4 Å². The molecule has 1 aromatic carbocycles. The predicted molar refractivity (Wildman–Crippen MR) is 112 cm³/mol. The highest BCUT2D eigenvalue weighted by Gasteiger charge is 2.39. The molecule has 0 amide bonds. The van der Waals surface area contributed by atoms with Gasteiger partial charge in [-0.25, -0.2) is 14.6 Å². The van der Waals surface area contributed by atoms with Gasteiger partial charge in [0.2, 0.25) is 0 Å². The summed E-state index contributed by atoms with van der Waals surface area (Å²) in [5.41, 5.74) is 10.7. The molecule has 0 aliphatic carbocycles. The molecule has 162 valence electrons. The van der Waals surface area contributed by atoms with Crippen LogP contribution in [0.4, 0.5) is 0 Å². The fourth-order valence-electron chi connectivity index (χ4n) is 3.32. The molecule has 1 aliphatic rings. The molecule has 1 aliphatic heterocycles. The van der Waals surface area contributed by atoms with Crippen molar-refractivity contribution in [2.24, 2.45) is 16.0 Å². The second-order valence-electron chi connectivity index (χ2n) is 6.40. The molecular formula is C20H25ClN4O5. The Morgan fingerprint density at radius 2 is 2.13 bits per heavy atom. The number of ether oxygens (including phenoxy) is 2. The average molecular weight is 437 g/mol. The molecule has 0 N–H and O–H groups in total. The molecule has 1 heterocycles. The number of azide groups is 1. The van der Waals surface area contributed by atoms with Gasteiger partial charge in [-0.2, -0.15) is 0 Å². The molecule has 0 aromatic heterocycles. The summed E-state index contributed by atoms with van der Waals surface area (Å²) in [4.78, 5) is 30.3. The molecule has 0 fully saturated rings. The van der Waals surface area contributed by atoms with Crippen LogP contribution in [0.15, 0.2) is 45.6 Å². The maximum absolute atomic E-state index is 13.0. The van der Waals surface area contributed by atoms with Crippen LogP contribution < -0.4 is 0 Å². The van der Waals surface area contributed by atoms with Crippen molar-refractivity contribution in [3.63, 3.8) is 0 Å². The predicted octanol–water partition coefficient (Wildman–Crippen LogP) is 4.24. The highest BCUT2D eigenvalue weighted by Crippen LogP contribution is 2.42. The molecule has 9 nitrogen and oxygen atoms in total. The summed E-state index contributed by atoms with van der Waals surface area (Å²) >= 11 is 6.50. The fourth-order valence-corrected chi connectivity index (χ4v) is 3.57. The first-order valence-corrected chi connectivity index (χ1v) is 9.86. The van der Waals surface area contributed by atoms with Crippen molar-refractivity contribution in [1.29, 1.82) is 0 Å². The summed E-state index contributed by atoms with van der Waals surface area (Å²) in [5, 5.41) is 3.96. The molecule has 2 atom stereocenters. The van der Waals surface area contributed by atoms with E-state index >= 15 is 0 Å². The lowest BCUT2D eigenvalue weighted by molar-refractivity contribution is -0.277. The van der Waals surface area contributed by atoms with E-state index in [0.717, 1.165) is 11.3 Å². The van der Waals surface area contributed by atoms with Crippen LogP contribution in [-0.2, 0) is 24.0 Å². The topological polar surface area (TPSA) is 115 Å². The summed E-state index contributed by atoms with van der Waals surface area (Å²) < 4.78 is 10.9. The van der Waals surface area contributed by atoms with Gasteiger partial charge in [0.1, 0.15) is 0 Å². The van der Waals surface area contributed by atoms with Gasteiger partial charge in [-0.3, -0.25) is 4.99 Å². The number of rotatable bonds is 11. The van der Waals surface area contributed by atoms with Crippen LogP contribution >= 0.6 is 11.6 Å². The molecule has 1 unspecified atom stereocenters. The summed E-state index contributed by atoms with van der Waals surface area (Å²) in [7, 11) is 1.42. The second kappa shape index (κ2) is 12.3. The zero-order valence-corrected chi connectivity index (χ0v) is 18.0. The first-order valence-electron chi connectivity index (χ1n) is 9.49. The lowest BCUT2D eigenvalue weighted by Gasteiger charge is -2.33. The fraction of sp³-hybridized carbons (Fsp3) is 0.500. The van der Waals surface area contributed by atoms with Gasteiger partial charge < -0.3 is 9.47 Å². The molecule has 0 spiro atoms. The molecule has 10 heteroatoms. The number of benzene rings is 1. The number of carbonyl (C=O) groups is 1. The second-order valence-corrected chi connectivity index (χ2v) is 6.81. The number of hydrogen-bond acceptors (Lipinski definition) is 7. The van der Waals surface area contributed by atoms with E-state index in [-0.39, 0.29) is 38.9 Å². The van der Waals surface area contributed by atoms with Crippen molar-refractivity contribution in [1.82, 2.24) is 0 Å².